The highest BCUT2D eigenvalue weighted by molar-refractivity contribution is 7.99. The van der Waals surface area contributed by atoms with E-state index in [-0.39, 0.29) is 27.1 Å². The fraction of sp³-hybridized carbons (Fsp3) is 0.0667. The number of nitrogens with one attached hydrogen (secondary N) is 1. The number of alkyl halides is 3. The highest BCUT2D eigenvalue weighted by atomic mass is 32.2. The highest BCUT2D eigenvalue weighted by Crippen LogP contribution is 2.39. The Morgan fingerprint density at radius 3 is 2.32 bits per heavy atom. The molecule has 144 valence electrons. The zero-order chi connectivity index (χ0) is 20.5. The third kappa shape index (κ3) is 3.93. The van der Waals surface area contributed by atoms with Gasteiger partial charge in [-0.05, 0) is 30.0 Å². The standard InChI is InChI=1S/C15H8F3N5O4S/c16-15(17,18)8-5-6-12(11(7-8)23(26)27)28-14-19-13(20-21-14)9-3-1-2-4-10(9)22(24)25/h1-7H,(H,19,20,21). The fourth-order valence-corrected chi connectivity index (χ4v) is 3.07. The lowest BCUT2D eigenvalue weighted by atomic mass is 10.2. The van der Waals surface area contributed by atoms with Crippen molar-refractivity contribution in [2.45, 2.75) is 16.2 Å². The number of rotatable bonds is 5. The lowest BCUT2D eigenvalue weighted by molar-refractivity contribution is -0.388. The summed E-state index contributed by atoms with van der Waals surface area (Å²) in [6.07, 6.45) is -4.72. The summed E-state index contributed by atoms with van der Waals surface area (Å²) in [6, 6.07) is 7.83. The Morgan fingerprint density at radius 1 is 1.00 bits per heavy atom. The first-order chi connectivity index (χ1) is 13.2. The minimum Gasteiger partial charge on any atom is -0.258 e. The lowest BCUT2D eigenvalue weighted by Gasteiger charge is -2.07. The van der Waals surface area contributed by atoms with Crippen molar-refractivity contribution in [1.29, 1.82) is 0 Å². The maximum atomic E-state index is 12.8. The Labute approximate surface area is 157 Å². The summed E-state index contributed by atoms with van der Waals surface area (Å²) >= 11 is 0.659. The monoisotopic (exact) mass is 411 g/mol. The van der Waals surface area contributed by atoms with Crippen molar-refractivity contribution >= 4 is 23.1 Å². The first kappa shape index (κ1) is 19.3. The molecule has 0 unspecified atom stereocenters. The quantitative estimate of drug-likeness (QED) is 0.485. The molecule has 0 aliphatic heterocycles. The molecule has 3 aromatic rings. The smallest absolute Gasteiger partial charge is 0.258 e. The van der Waals surface area contributed by atoms with Crippen LogP contribution < -0.4 is 0 Å². The van der Waals surface area contributed by atoms with E-state index in [1.807, 2.05) is 0 Å². The van der Waals surface area contributed by atoms with Crippen LogP contribution in [0.2, 0.25) is 0 Å². The van der Waals surface area contributed by atoms with Crippen molar-refractivity contribution < 1.29 is 23.0 Å². The second-order valence-electron chi connectivity index (χ2n) is 5.28. The van der Waals surface area contributed by atoms with Gasteiger partial charge in [0.15, 0.2) is 5.82 Å². The van der Waals surface area contributed by atoms with Gasteiger partial charge in [-0.3, -0.25) is 25.3 Å². The van der Waals surface area contributed by atoms with Crippen LogP contribution in [-0.4, -0.2) is 25.0 Å². The van der Waals surface area contributed by atoms with Crippen molar-refractivity contribution in [3.8, 4) is 11.4 Å². The number of aromatic nitrogens is 3. The Bertz CT molecular complexity index is 1070. The number of aromatic amines is 1. The normalized spacial score (nSPS) is 11.4. The summed E-state index contributed by atoms with van der Waals surface area (Å²) < 4.78 is 38.3. The number of H-pyrrole nitrogens is 1. The van der Waals surface area contributed by atoms with Gasteiger partial charge in [0.25, 0.3) is 11.4 Å². The number of halogens is 3. The molecule has 3 rings (SSSR count). The topological polar surface area (TPSA) is 128 Å². The predicted octanol–water partition coefficient (Wildman–Crippen LogP) is 4.46. The fourth-order valence-electron chi connectivity index (χ4n) is 2.27. The SMILES string of the molecule is O=[N+]([O-])c1cc(C(F)(F)F)ccc1Sc1n[nH]c(-c2ccccc2[N+](=O)[O-])n1. The van der Waals surface area contributed by atoms with E-state index in [9.17, 15) is 33.4 Å². The van der Waals surface area contributed by atoms with Crippen LogP contribution in [-0.2, 0) is 6.18 Å². The average molecular weight is 411 g/mol. The van der Waals surface area contributed by atoms with E-state index < -0.39 is 27.3 Å². The Balaban J connectivity index is 1.94. The van der Waals surface area contributed by atoms with Gasteiger partial charge >= 0.3 is 6.18 Å². The summed E-state index contributed by atoms with van der Waals surface area (Å²) in [5, 5.41) is 28.5. The van der Waals surface area contributed by atoms with Crippen LogP contribution in [0.25, 0.3) is 11.4 Å². The average Bonchev–Trinajstić information content (AvgIpc) is 3.09. The van der Waals surface area contributed by atoms with Gasteiger partial charge in [0.1, 0.15) is 0 Å². The molecule has 28 heavy (non-hydrogen) atoms. The highest BCUT2D eigenvalue weighted by Gasteiger charge is 2.33. The number of hydrogen-bond donors (Lipinski definition) is 1. The Kier molecular flexibility index (Phi) is 5.00. The van der Waals surface area contributed by atoms with Gasteiger partial charge in [0, 0.05) is 12.1 Å². The molecule has 0 aliphatic rings. The summed E-state index contributed by atoms with van der Waals surface area (Å²) in [6.45, 7) is 0. The molecule has 0 saturated heterocycles. The van der Waals surface area contributed by atoms with E-state index in [1.54, 1.807) is 6.07 Å². The number of nitro benzene ring substituents is 2. The molecule has 0 bridgehead atoms. The molecule has 13 heteroatoms. The first-order valence-corrected chi connectivity index (χ1v) is 8.18. The third-order valence-corrected chi connectivity index (χ3v) is 4.44. The molecule has 0 aliphatic carbocycles. The molecular weight excluding hydrogens is 403 g/mol. The van der Waals surface area contributed by atoms with Crippen LogP contribution in [0.3, 0.4) is 0 Å². The van der Waals surface area contributed by atoms with Crippen LogP contribution in [0, 0.1) is 20.2 Å². The molecular formula is C15H8F3N5O4S. The van der Waals surface area contributed by atoms with E-state index in [2.05, 4.69) is 15.2 Å². The van der Waals surface area contributed by atoms with E-state index in [0.29, 0.717) is 23.9 Å². The molecule has 1 heterocycles. The Hall–Kier alpha value is -3.48. The number of nitro groups is 2. The third-order valence-electron chi connectivity index (χ3n) is 3.50. The van der Waals surface area contributed by atoms with Gasteiger partial charge in [-0.15, -0.1) is 5.10 Å². The van der Waals surface area contributed by atoms with Crippen molar-refractivity contribution in [1.82, 2.24) is 15.2 Å². The van der Waals surface area contributed by atoms with Gasteiger partial charge < -0.3 is 0 Å². The second-order valence-corrected chi connectivity index (χ2v) is 6.29. The maximum absolute atomic E-state index is 12.8. The Morgan fingerprint density at radius 2 is 1.68 bits per heavy atom. The number of para-hydroxylation sites is 1. The molecule has 0 saturated carbocycles. The molecule has 0 radical (unpaired) electrons. The maximum Gasteiger partial charge on any atom is 0.416 e. The molecule has 2 aromatic carbocycles. The van der Waals surface area contributed by atoms with E-state index in [0.717, 1.165) is 6.07 Å². The zero-order valence-electron chi connectivity index (χ0n) is 13.5. The van der Waals surface area contributed by atoms with E-state index in [4.69, 9.17) is 0 Å². The minimum absolute atomic E-state index is 0.0454. The van der Waals surface area contributed by atoms with Crippen molar-refractivity contribution in [3.05, 3.63) is 68.3 Å². The zero-order valence-corrected chi connectivity index (χ0v) is 14.3. The van der Waals surface area contributed by atoms with Crippen LogP contribution in [0.5, 0.6) is 0 Å². The van der Waals surface area contributed by atoms with E-state index in [1.165, 1.54) is 18.2 Å². The largest absolute Gasteiger partial charge is 0.416 e. The van der Waals surface area contributed by atoms with Crippen LogP contribution in [0.1, 0.15) is 5.56 Å². The molecule has 1 aromatic heterocycles. The van der Waals surface area contributed by atoms with Gasteiger partial charge in [-0.25, -0.2) is 4.98 Å². The minimum atomic E-state index is -4.72. The summed E-state index contributed by atoms with van der Waals surface area (Å²) in [4.78, 5) is 24.6. The number of nitrogens with zero attached hydrogens (tertiary/aromatic N) is 4. The van der Waals surface area contributed by atoms with Crippen molar-refractivity contribution in [3.63, 3.8) is 0 Å². The van der Waals surface area contributed by atoms with Crippen LogP contribution in [0.4, 0.5) is 24.5 Å². The number of hydrogen-bond acceptors (Lipinski definition) is 7. The van der Waals surface area contributed by atoms with Gasteiger partial charge in [0.05, 0.1) is 25.9 Å². The van der Waals surface area contributed by atoms with E-state index >= 15 is 0 Å². The molecule has 0 atom stereocenters. The molecule has 0 spiro atoms. The summed E-state index contributed by atoms with van der Waals surface area (Å²) in [5.41, 5.74) is -1.99. The van der Waals surface area contributed by atoms with Gasteiger partial charge in [-0.2, -0.15) is 13.2 Å². The molecule has 9 nitrogen and oxygen atoms in total. The lowest BCUT2D eigenvalue weighted by Crippen LogP contribution is -2.05. The van der Waals surface area contributed by atoms with Gasteiger partial charge in [0.2, 0.25) is 5.16 Å². The molecule has 1 N–H and O–H groups in total. The summed E-state index contributed by atoms with van der Waals surface area (Å²) in [5.74, 6) is 0.0457. The number of benzene rings is 2. The first-order valence-electron chi connectivity index (χ1n) is 7.36. The summed E-state index contributed by atoms with van der Waals surface area (Å²) in [7, 11) is 0. The van der Waals surface area contributed by atoms with Crippen molar-refractivity contribution in [2.24, 2.45) is 0 Å². The molecule has 0 fully saturated rings. The second kappa shape index (κ2) is 7.26. The van der Waals surface area contributed by atoms with Gasteiger partial charge in [-0.1, -0.05) is 12.1 Å². The molecule has 0 amide bonds. The van der Waals surface area contributed by atoms with Crippen LogP contribution >= 0.6 is 11.8 Å². The van der Waals surface area contributed by atoms with Crippen LogP contribution in [0.15, 0.2) is 52.5 Å². The predicted molar refractivity (Wildman–Crippen MR) is 90.7 cm³/mol. The van der Waals surface area contributed by atoms with Crippen molar-refractivity contribution in [2.75, 3.05) is 0 Å².